The van der Waals surface area contributed by atoms with Crippen LogP contribution >= 0.6 is 0 Å². The van der Waals surface area contributed by atoms with Gasteiger partial charge in [-0.15, -0.1) is 0 Å². The van der Waals surface area contributed by atoms with Crippen molar-refractivity contribution in [2.45, 2.75) is 33.2 Å². The van der Waals surface area contributed by atoms with Crippen LogP contribution in [0.3, 0.4) is 0 Å². The number of aromatic nitrogens is 1. The Kier molecular flexibility index (Phi) is 5.03. The minimum atomic E-state index is -0.980. The fourth-order valence-corrected chi connectivity index (χ4v) is 1.89. The molecule has 1 heterocycles. The third kappa shape index (κ3) is 3.77. The summed E-state index contributed by atoms with van der Waals surface area (Å²) >= 11 is 0. The smallest absolute Gasteiger partial charge is 0.326 e. The molecular weight excluding hydrogens is 244 g/mol. The fourth-order valence-electron chi connectivity index (χ4n) is 1.89. The fraction of sp³-hybridized carbons (Fsp3) is 0.500. The molecule has 0 aliphatic heterocycles. The molecule has 0 aliphatic carbocycles. The van der Waals surface area contributed by atoms with E-state index in [0.29, 0.717) is 12.0 Å². The molecule has 1 amide bonds. The van der Waals surface area contributed by atoms with Crippen molar-refractivity contribution in [1.82, 2.24) is 9.88 Å². The number of nitrogens with zero attached hydrogens (tertiary/aromatic N) is 2. The quantitative estimate of drug-likeness (QED) is 0.882. The van der Waals surface area contributed by atoms with Crippen LogP contribution in [0.2, 0.25) is 0 Å². The summed E-state index contributed by atoms with van der Waals surface area (Å²) in [5, 5.41) is 9.25. The van der Waals surface area contributed by atoms with Gasteiger partial charge in [0.05, 0.1) is 5.56 Å². The molecule has 0 aromatic carbocycles. The molecule has 1 aromatic rings. The predicted molar refractivity (Wildman–Crippen MR) is 71.9 cm³/mol. The van der Waals surface area contributed by atoms with Crippen molar-refractivity contribution in [3.63, 3.8) is 0 Å². The van der Waals surface area contributed by atoms with Crippen LogP contribution in [0.1, 0.15) is 36.2 Å². The van der Waals surface area contributed by atoms with Gasteiger partial charge in [0.1, 0.15) is 6.04 Å². The van der Waals surface area contributed by atoms with Gasteiger partial charge in [-0.05, 0) is 30.9 Å². The Morgan fingerprint density at radius 2 is 2.05 bits per heavy atom. The first kappa shape index (κ1) is 15.1. The number of hydrogen-bond acceptors (Lipinski definition) is 3. The van der Waals surface area contributed by atoms with Crippen molar-refractivity contribution in [1.29, 1.82) is 0 Å². The Hall–Kier alpha value is -1.91. The molecule has 0 fully saturated rings. The van der Waals surface area contributed by atoms with Gasteiger partial charge >= 0.3 is 5.97 Å². The number of pyridine rings is 1. The zero-order valence-corrected chi connectivity index (χ0v) is 11.8. The average molecular weight is 264 g/mol. The highest BCUT2D eigenvalue weighted by Gasteiger charge is 2.28. The molecule has 1 unspecified atom stereocenters. The lowest BCUT2D eigenvalue weighted by Crippen LogP contribution is -2.43. The maximum absolute atomic E-state index is 12.3. The summed E-state index contributed by atoms with van der Waals surface area (Å²) in [4.78, 5) is 28.8. The van der Waals surface area contributed by atoms with E-state index < -0.39 is 12.0 Å². The van der Waals surface area contributed by atoms with Crippen LogP contribution < -0.4 is 0 Å². The Balaban J connectivity index is 2.97. The summed E-state index contributed by atoms with van der Waals surface area (Å²) in [6.45, 7) is 5.67. The molecule has 1 N–H and O–H groups in total. The maximum Gasteiger partial charge on any atom is 0.326 e. The molecule has 0 radical (unpaired) electrons. The largest absolute Gasteiger partial charge is 0.480 e. The average Bonchev–Trinajstić information content (AvgIpc) is 2.34. The van der Waals surface area contributed by atoms with Crippen LogP contribution in [0.25, 0.3) is 0 Å². The SMILES string of the molecule is Cc1ccncc1C(=O)N(C)C(CC(C)C)C(=O)O. The number of rotatable bonds is 5. The number of hydrogen-bond donors (Lipinski definition) is 1. The molecule has 1 rings (SSSR count). The van der Waals surface area contributed by atoms with Crippen LogP contribution in [0, 0.1) is 12.8 Å². The Labute approximate surface area is 113 Å². The van der Waals surface area contributed by atoms with Crippen LogP contribution in [0.5, 0.6) is 0 Å². The highest BCUT2D eigenvalue weighted by atomic mass is 16.4. The molecular formula is C14H20N2O3. The molecule has 0 saturated carbocycles. The highest BCUT2D eigenvalue weighted by molar-refractivity contribution is 5.97. The lowest BCUT2D eigenvalue weighted by atomic mass is 10.0. The van der Waals surface area contributed by atoms with E-state index in [2.05, 4.69) is 4.98 Å². The molecule has 0 bridgehead atoms. The second kappa shape index (κ2) is 6.31. The molecule has 5 nitrogen and oxygen atoms in total. The van der Waals surface area contributed by atoms with E-state index in [-0.39, 0.29) is 11.8 Å². The van der Waals surface area contributed by atoms with Gasteiger partial charge in [-0.2, -0.15) is 0 Å². The number of likely N-dealkylation sites (N-methyl/N-ethyl adjacent to an activating group) is 1. The second-order valence-electron chi connectivity index (χ2n) is 5.09. The first-order chi connectivity index (χ1) is 8.84. The number of amides is 1. The molecule has 0 aliphatic rings. The number of aliphatic carboxylic acids is 1. The second-order valence-corrected chi connectivity index (χ2v) is 5.09. The predicted octanol–water partition coefficient (Wildman–Crippen LogP) is 1.96. The van der Waals surface area contributed by atoms with Crippen LogP contribution in [-0.2, 0) is 4.79 Å². The summed E-state index contributed by atoms with van der Waals surface area (Å²) in [6.07, 6.45) is 3.51. The summed E-state index contributed by atoms with van der Waals surface area (Å²) in [5.74, 6) is -1.09. The first-order valence-corrected chi connectivity index (χ1v) is 6.25. The van der Waals surface area contributed by atoms with E-state index in [1.807, 2.05) is 13.8 Å². The molecule has 0 saturated heterocycles. The van der Waals surface area contributed by atoms with E-state index in [1.165, 1.54) is 18.1 Å². The van der Waals surface area contributed by atoms with Gasteiger partial charge in [0.25, 0.3) is 5.91 Å². The normalized spacial score (nSPS) is 12.3. The molecule has 0 spiro atoms. The number of aryl methyl sites for hydroxylation is 1. The summed E-state index contributed by atoms with van der Waals surface area (Å²) in [7, 11) is 1.52. The van der Waals surface area contributed by atoms with Gasteiger partial charge < -0.3 is 10.0 Å². The molecule has 104 valence electrons. The van der Waals surface area contributed by atoms with Crippen LogP contribution in [0.15, 0.2) is 18.5 Å². The van der Waals surface area contributed by atoms with Gasteiger partial charge in [0.15, 0.2) is 0 Å². The minimum Gasteiger partial charge on any atom is -0.480 e. The van der Waals surface area contributed by atoms with Crippen molar-refractivity contribution in [2.24, 2.45) is 5.92 Å². The molecule has 19 heavy (non-hydrogen) atoms. The minimum absolute atomic E-state index is 0.200. The van der Waals surface area contributed by atoms with Crippen LogP contribution in [0.4, 0.5) is 0 Å². The van der Waals surface area contributed by atoms with E-state index in [4.69, 9.17) is 0 Å². The van der Waals surface area contributed by atoms with E-state index >= 15 is 0 Å². The Bertz CT molecular complexity index is 472. The molecule has 1 atom stereocenters. The number of carbonyl (C=O) groups excluding carboxylic acids is 1. The van der Waals surface area contributed by atoms with E-state index in [0.717, 1.165) is 5.56 Å². The zero-order valence-electron chi connectivity index (χ0n) is 11.8. The van der Waals surface area contributed by atoms with Gasteiger partial charge in [-0.3, -0.25) is 9.78 Å². The standard InChI is InChI=1S/C14H20N2O3/c1-9(2)7-12(14(18)19)16(4)13(17)11-8-15-6-5-10(11)3/h5-6,8-9,12H,7H2,1-4H3,(H,18,19). The van der Waals surface area contributed by atoms with Gasteiger partial charge in [0, 0.05) is 19.4 Å². The van der Waals surface area contributed by atoms with E-state index in [9.17, 15) is 14.7 Å². The van der Waals surface area contributed by atoms with Crippen molar-refractivity contribution < 1.29 is 14.7 Å². The van der Waals surface area contributed by atoms with Gasteiger partial charge in [0.2, 0.25) is 0 Å². The first-order valence-electron chi connectivity index (χ1n) is 6.25. The summed E-state index contributed by atoms with van der Waals surface area (Å²) in [5.41, 5.74) is 1.24. The van der Waals surface area contributed by atoms with Gasteiger partial charge in [-0.25, -0.2) is 4.79 Å². The summed E-state index contributed by atoms with van der Waals surface area (Å²) in [6, 6.07) is 0.923. The summed E-state index contributed by atoms with van der Waals surface area (Å²) < 4.78 is 0. The third-order valence-electron chi connectivity index (χ3n) is 3.04. The molecule has 1 aromatic heterocycles. The van der Waals surface area contributed by atoms with Gasteiger partial charge in [-0.1, -0.05) is 13.8 Å². The van der Waals surface area contributed by atoms with E-state index in [1.54, 1.807) is 19.2 Å². The lowest BCUT2D eigenvalue weighted by Gasteiger charge is -2.26. The van der Waals surface area contributed by atoms with Crippen molar-refractivity contribution >= 4 is 11.9 Å². The Morgan fingerprint density at radius 3 is 2.53 bits per heavy atom. The van der Waals surface area contributed by atoms with Crippen molar-refractivity contribution in [3.05, 3.63) is 29.6 Å². The van der Waals surface area contributed by atoms with Crippen molar-refractivity contribution in [2.75, 3.05) is 7.05 Å². The number of carbonyl (C=O) groups is 2. The zero-order chi connectivity index (χ0) is 14.6. The number of carboxylic acid groups (broad SMARTS) is 1. The maximum atomic E-state index is 12.3. The van der Waals surface area contributed by atoms with Crippen LogP contribution in [-0.4, -0.2) is 40.0 Å². The number of carboxylic acids is 1. The lowest BCUT2D eigenvalue weighted by molar-refractivity contribution is -0.142. The third-order valence-corrected chi connectivity index (χ3v) is 3.04. The highest BCUT2D eigenvalue weighted by Crippen LogP contribution is 2.15. The topological polar surface area (TPSA) is 70.5 Å². The molecule has 5 heteroatoms. The monoisotopic (exact) mass is 264 g/mol. The Morgan fingerprint density at radius 1 is 1.42 bits per heavy atom. The van der Waals surface area contributed by atoms with Crippen molar-refractivity contribution in [3.8, 4) is 0 Å².